The second-order valence-electron chi connectivity index (χ2n) is 12.3. The maximum absolute atomic E-state index is 14.2. The normalized spacial score (nSPS) is 14.0. The van der Waals surface area contributed by atoms with Gasteiger partial charge in [0.25, 0.3) is 0 Å². The first-order valence-corrected chi connectivity index (χ1v) is 17.4. The standard InChI is InChI=1S/C39H35N3O5S.ClH/c1-25-9-3-6-12-33(25)40-28-15-17-30-35(23-28)47-36-24-29(41-34-13-7-4-10-26(34)2)16-18-31(36)38(30)32-11-5-8-14-37(32)48(45,46)42-21-19-27(20-22-42)39(43)44;/h3-18,23-24,27,40-41H,19-22H2,1-2H3;1H. The van der Waals surface area contributed by atoms with Crippen molar-refractivity contribution in [1.29, 1.82) is 0 Å². The number of carbonyl (C=O) groups is 1. The molecule has 0 amide bonds. The Morgan fingerprint density at radius 1 is 0.735 bits per heavy atom. The van der Waals surface area contributed by atoms with E-state index in [0.29, 0.717) is 16.7 Å². The third-order valence-electron chi connectivity index (χ3n) is 9.15. The Bertz CT molecular complexity index is 2200. The SMILES string of the molecule is Cc1ccccc1Nc1ccc2c(-c3ccccc3S(=O)(=O)N3CCC(C(=O)O)CC3)c3ccc(Nc4ccccc4C)cc3[o+]c2c1.[Cl-]. The lowest BCUT2D eigenvalue weighted by atomic mass is 9.96. The minimum Gasteiger partial charge on any atom is -1.00 e. The zero-order chi connectivity index (χ0) is 33.4. The zero-order valence-corrected chi connectivity index (χ0v) is 28.7. The number of rotatable bonds is 8. The summed E-state index contributed by atoms with van der Waals surface area (Å²) in [6.07, 6.45) is 0.556. The lowest BCUT2D eigenvalue weighted by molar-refractivity contribution is -0.142. The van der Waals surface area contributed by atoms with Gasteiger partial charge in [0.1, 0.15) is 0 Å². The van der Waals surface area contributed by atoms with Crippen molar-refractivity contribution in [3.63, 3.8) is 0 Å². The van der Waals surface area contributed by atoms with E-state index >= 15 is 0 Å². The van der Waals surface area contributed by atoms with Gasteiger partial charge in [0.15, 0.2) is 0 Å². The smallest absolute Gasteiger partial charge is 0.363 e. The zero-order valence-electron chi connectivity index (χ0n) is 27.1. The Hall–Kier alpha value is -4.96. The molecule has 0 radical (unpaired) electrons. The van der Waals surface area contributed by atoms with Crippen LogP contribution in [-0.4, -0.2) is 36.9 Å². The highest BCUT2D eigenvalue weighted by atomic mass is 35.5. The summed E-state index contributed by atoms with van der Waals surface area (Å²) in [5, 5.41) is 18.0. The lowest BCUT2D eigenvalue weighted by Gasteiger charge is -2.30. The van der Waals surface area contributed by atoms with Crippen LogP contribution in [0.15, 0.2) is 119 Å². The van der Waals surface area contributed by atoms with Gasteiger partial charge >= 0.3 is 17.1 Å². The van der Waals surface area contributed by atoms with Gasteiger partial charge in [-0.2, -0.15) is 4.31 Å². The number of carboxylic acid groups (broad SMARTS) is 1. The van der Waals surface area contributed by atoms with Crippen molar-refractivity contribution in [2.75, 3.05) is 23.7 Å². The molecule has 1 fully saturated rings. The van der Waals surface area contributed by atoms with Crippen molar-refractivity contribution in [3.8, 4) is 11.1 Å². The average Bonchev–Trinajstić information content (AvgIpc) is 3.09. The van der Waals surface area contributed by atoms with Gasteiger partial charge in [0.05, 0.1) is 33.7 Å². The maximum atomic E-state index is 14.2. The van der Waals surface area contributed by atoms with Crippen LogP contribution >= 0.6 is 0 Å². The van der Waals surface area contributed by atoms with Crippen LogP contribution in [0.2, 0.25) is 0 Å². The van der Waals surface area contributed by atoms with E-state index in [4.69, 9.17) is 4.42 Å². The number of para-hydroxylation sites is 2. The molecule has 0 aliphatic carbocycles. The maximum Gasteiger partial charge on any atom is 0.363 e. The van der Waals surface area contributed by atoms with Gasteiger partial charge in [-0.25, -0.2) is 12.8 Å². The van der Waals surface area contributed by atoms with E-state index in [0.717, 1.165) is 50.2 Å². The van der Waals surface area contributed by atoms with Crippen molar-refractivity contribution in [3.05, 3.63) is 120 Å². The molecule has 1 aromatic heterocycles. The number of carboxylic acids is 1. The highest BCUT2D eigenvalue weighted by Crippen LogP contribution is 2.42. The average molecular weight is 694 g/mol. The van der Waals surface area contributed by atoms with Gasteiger partial charge < -0.3 is 28.1 Å². The summed E-state index contributed by atoms with van der Waals surface area (Å²) in [5.41, 5.74) is 8.33. The summed E-state index contributed by atoms with van der Waals surface area (Å²) >= 11 is 0. The number of halogens is 1. The Kier molecular flexibility index (Phi) is 9.61. The number of fused-ring (bicyclic) bond motifs is 2. The first-order chi connectivity index (χ1) is 23.2. The van der Waals surface area contributed by atoms with E-state index in [1.165, 1.54) is 4.31 Å². The molecular formula is C39H36ClN3O5S. The van der Waals surface area contributed by atoms with E-state index in [2.05, 4.69) is 10.6 Å². The number of aryl methyl sites for hydroxylation is 2. The van der Waals surface area contributed by atoms with Gasteiger partial charge in [-0.3, -0.25) is 4.79 Å². The van der Waals surface area contributed by atoms with Gasteiger partial charge in [-0.15, -0.1) is 0 Å². The second kappa shape index (κ2) is 13.9. The van der Waals surface area contributed by atoms with Gasteiger partial charge in [0.2, 0.25) is 10.0 Å². The number of hydrogen-bond donors (Lipinski definition) is 3. The minimum atomic E-state index is -3.95. The molecule has 10 heteroatoms. The summed E-state index contributed by atoms with van der Waals surface area (Å²) in [6.45, 7) is 4.40. The van der Waals surface area contributed by atoms with E-state index in [1.807, 2.05) is 111 Å². The molecular weight excluding hydrogens is 658 g/mol. The summed E-state index contributed by atoms with van der Waals surface area (Å²) in [5.74, 6) is -1.42. The van der Waals surface area contributed by atoms with Crippen LogP contribution in [-0.2, 0) is 14.8 Å². The van der Waals surface area contributed by atoms with Gasteiger partial charge in [0, 0.05) is 47.0 Å². The summed E-state index contributed by atoms with van der Waals surface area (Å²) < 4.78 is 36.5. The number of nitrogens with zero attached hydrogens (tertiary/aromatic N) is 1. The van der Waals surface area contributed by atoms with E-state index in [1.54, 1.807) is 12.1 Å². The van der Waals surface area contributed by atoms with Gasteiger partial charge in [-0.1, -0.05) is 54.6 Å². The van der Waals surface area contributed by atoms with Crippen molar-refractivity contribution in [2.24, 2.45) is 5.92 Å². The first-order valence-electron chi connectivity index (χ1n) is 16.0. The second-order valence-corrected chi connectivity index (χ2v) is 14.2. The summed E-state index contributed by atoms with van der Waals surface area (Å²) in [4.78, 5) is 11.7. The molecule has 1 aliphatic rings. The molecule has 5 aromatic carbocycles. The summed E-state index contributed by atoms with van der Waals surface area (Å²) in [6, 6.07) is 34.9. The largest absolute Gasteiger partial charge is 1.00 e. The molecule has 0 bridgehead atoms. The Balaban J connectivity index is 0.00000417. The fourth-order valence-corrected chi connectivity index (χ4v) is 8.12. The number of hydrogen-bond acceptors (Lipinski definition) is 5. The predicted octanol–water partition coefficient (Wildman–Crippen LogP) is 6.13. The van der Waals surface area contributed by atoms with Crippen LogP contribution < -0.4 is 23.0 Å². The third-order valence-corrected chi connectivity index (χ3v) is 11.1. The van der Waals surface area contributed by atoms with Crippen LogP contribution in [0.1, 0.15) is 24.0 Å². The number of piperidine rings is 1. The lowest BCUT2D eigenvalue weighted by Crippen LogP contribution is -3.00. The highest BCUT2D eigenvalue weighted by molar-refractivity contribution is 7.89. The van der Waals surface area contributed by atoms with Crippen LogP contribution in [0.25, 0.3) is 33.1 Å². The molecule has 49 heavy (non-hydrogen) atoms. The minimum absolute atomic E-state index is 0. The topological polar surface area (TPSA) is 110 Å². The first kappa shape index (κ1) is 33.9. The summed E-state index contributed by atoms with van der Waals surface area (Å²) in [7, 11) is -3.95. The van der Waals surface area contributed by atoms with E-state index in [9.17, 15) is 18.3 Å². The van der Waals surface area contributed by atoms with Gasteiger partial charge in [-0.05, 0) is 80.3 Å². The van der Waals surface area contributed by atoms with Crippen LogP contribution in [0.4, 0.5) is 22.7 Å². The molecule has 6 aromatic rings. The van der Waals surface area contributed by atoms with Crippen LogP contribution in [0, 0.1) is 19.8 Å². The fraction of sp³-hybridized carbons (Fsp3) is 0.179. The Morgan fingerprint density at radius 3 is 1.73 bits per heavy atom. The molecule has 0 atom stereocenters. The molecule has 1 saturated heterocycles. The molecule has 0 unspecified atom stereocenters. The molecule has 250 valence electrons. The molecule has 2 heterocycles. The highest BCUT2D eigenvalue weighted by Gasteiger charge is 2.34. The van der Waals surface area contributed by atoms with Crippen molar-refractivity contribution in [1.82, 2.24) is 4.31 Å². The molecule has 3 N–H and O–H groups in total. The third kappa shape index (κ3) is 6.70. The van der Waals surface area contributed by atoms with Crippen molar-refractivity contribution < 1.29 is 35.1 Å². The molecule has 1 aliphatic heterocycles. The van der Waals surface area contributed by atoms with E-state index in [-0.39, 0.29) is 43.2 Å². The van der Waals surface area contributed by atoms with Crippen molar-refractivity contribution in [2.45, 2.75) is 31.6 Å². The Morgan fingerprint density at radius 2 is 1.22 bits per heavy atom. The van der Waals surface area contributed by atoms with Crippen molar-refractivity contribution >= 4 is 60.7 Å². The predicted molar refractivity (Wildman–Crippen MR) is 192 cm³/mol. The van der Waals surface area contributed by atoms with Crippen LogP contribution in [0.5, 0.6) is 0 Å². The number of aliphatic carboxylic acids is 1. The molecule has 0 spiro atoms. The fourth-order valence-electron chi connectivity index (χ4n) is 6.45. The monoisotopic (exact) mass is 693 g/mol. The molecule has 7 rings (SSSR count). The van der Waals surface area contributed by atoms with E-state index < -0.39 is 21.9 Å². The van der Waals surface area contributed by atoms with Crippen LogP contribution in [0.3, 0.4) is 0 Å². The number of benzene rings is 5. The Labute approximate surface area is 291 Å². The molecule has 8 nitrogen and oxygen atoms in total. The number of nitrogens with one attached hydrogen (secondary N) is 2. The number of anilines is 4. The molecule has 0 saturated carbocycles. The number of sulfonamides is 1. The quantitative estimate of drug-likeness (QED) is 0.130.